The molecule has 8 nitrogen and oxygen atoms in total. The summed E-state index contributed by atoms with van der Waals surface area (Å²) in [6.45, 7) is 4.30. The number of amides is 1. The number of rotatable bonds is 26. The van der Waals surface area contributed by atoms with Crippen molar-refractivity contribution in [1.82, 2.24) is 5.32 Å². The van der Waals surface area contributed by atoms with E-state index < -0.39 is 26.6 Å². The maximum absolute atomic E-state index is 12.3. The van der Waals surface area contributed by atoms with Gasteiger partial charge in [-0.05, 0) is 44.9 Å². The number of hydrogen-bond donors (Lipinski definition) is 2. The van der Waals surface area contributed by atoms with Gasteiger partial charge in [-0.1, -0.05) is 88.8 Å². The lowest BCUT2D eigenvalue weighted by atomic mass is 10.1. The van der Waals surface area contributed by atoms with Crippen molar-refractivity contribution in [3.8, 4) is 0 Å². The van der Waals surface area contributed by atoms with Crippen molar-refractivity contribution in [2.75, 3.05) is 40.9 Å². The Labute approximate surface area is 245 Å². The molecule has 0 aliphatic carbocycles. The maximum Gasteiger partial charge on any atom is 0.268 e. The van der Waals surface area contributed by atoms with E-state index in [1.165, 1.54) is 44.9 Å². The Morgan fingerprint density at radius 1 is 0.850 bits per heavy atom. The minimum Gasteiger partial charge on any atom is -0.756 e. The number of aliphatic hydroxyl groups is 1. The Kier molecular flexibility index (Phi) is 23.6. The monoisotopic (exact) mass is 586 g/mol. The Hall–Kier alpha value is -1.28. The third-order valence-corrected chi connectivity index (χ3v) is 7.29. The zero-order valence-corrected chi connectivity index (χ0v) is 26.9. The normalized spacial score (nSPS) is 15.7. The summed E-state index contributed by atoms with van der Waals surface area (Å²) >= 11 is 0. The number of phosphoric ester groups is 1. The van der Waals surface area contributed by atoms with Crippen LogP contribution in [0.15, 0.2) is 36.5 Å². The summed E-state index contributed by atoms with van der Waals surface area (Å²) in [6, 6.07) is -0.899. The molecule has 0 aliphatic rings. The van der Waals surface area contributed by atoms with E-state index in [2.05, 4.69) is 36.5 Å². The van der Waals surface area contributed by atoms with Gasteiger partial charge in [-0.15, -0.1) is 0 Å². The summed E-state index contributed by atoms with van der Waals surface area (Å²) in [4.78, 5) is 24.4. The second-order valence-corrected chi connectivity index (χ2v) is 12.9. The van der Waals surface area contributed by atoms with Gasteiger partial charge in [-0.3, -0.25) is 9.36 Å². The summed E-state index contributed by atoms with van der Waals surface area (Å²) < 4.78 is 22.7. The summed E-state index contributed by atoms with van der Waals surface area (Å²) in [5, 5.41) is 13.3. The topological polar surface area (TPSA) is 108 Å². The molecule has 0 fully saturated rings. The van der Waals surface area contributed by atoms with Gasteiger partial charge in [0.05, 0.1) is 39.9 Å². The van der Waals surface area contributed by atoms with E-state index >= 15 is 0 Å². The maximum atomic E-state index is 12.3. The first kappa shape index (κ1) is 38.7. The number of hydrogen-bond acceptors (Lipinski definition) is 6. The van der Waals surface area contributed by atoms with E-state index in [-0.39, 0.29) is 12.5 Å². The van der Waals surface area contributed by atoms with Gasteiger partial charge in [-0.25, -0.2) is 0 Å². The zero-order chi connectivity index (χ0) is 30.1. The molecule has 3 unspecified atom stereocenters. The third-order valence-electron chi connectivity index (χ3n) is 6.33. The number of nitrogens with zero attached hydrogens (tertiary/aromatic N) is 1. The van der Waals surface area contributed by atoms with Gasteiger partial charge in [-0.2, -0.15) is 0 Å². The van der Waals surface area contributed by atoms with E-state index in [9.17, 15) is 19.4 Å². The van der Waals surface area contributed by atoms with Crippen molar-refractivity contribution in [3.05, 3.63) is 36.5 Å². The van der Waals surface area contributed by atoms with Gasteiger partial charge in [0, 0.05) is 6.42 Å². The fourth-order valence-electron chi connectivity index (χ4n) is 3.75. The summed E-state index contributed by atoms with van der Waals surface area (Å²) in [5.74, 6) is -0.251. The molecule has 0 aliphatic heterocycles. The molecule has 0 rings (SSSR count). The van der Waals surface area contributed by atoms with Crippen molar-refractivity contribution in [1.29, 1.82) is 0 Å². The van der Waals surface area contributed by atoms with Crippen molar-refractivity contribution < 1.29 is 32.9 Å². The predicted octanol–water partition coefficient (Wildman–Crippen LogP) is 6.21. The predicted molar refractivity (Wildman–Crippen MR) is 164 cm³/mol. The molecule has 234 valence electrons. The second kappa shape index (κ2) is 24.3. The fourth-order valence-corrected chi connectivity index (χ4v) is 4.47. The average molecular weight is 587 g/mol. The lowest BCUT2D eigenvalue weighted by Gasteiger charge is -2.29. The van der Waals surface area contributed by atoms with Gasteiger partial charge in [0.25, 0.3) is 7.82 Å². The van der Waals surface area contributed by atoms with Crippen LogP contribution in [0.2, 0.25) is 0 Å². The summed E-state index contributed by atoms with van der Waals surface area (Å²) in [6.07, 6.45) is 25.8. The molecule has 0 saturated heterocycles. The van der Waals surface area contributed by atoms with Crippen molar-refractivity contribution in [3.63, 3.8) is 0 Å². The number of allylic oxidation sites excluding steroid dienone is 5. The second-order valence-electron chi connectivity index (χ2n) is 11.4. The van der Waals surface area contributed by atoms with Crippen molar-refractivity contribution in [2.24, 2.45) is 0 Å². The number of quaternary nitrogens is 1. The largest absolute Gasteiger partial charge is 0.756 e. The first-order valence-corrected chi connectivity index (χ1v) is 16.8. The van der Waals surface area contributed by atoms with Crippen LogP contribution >= 0.6 is 7.82 Å². The number of aliphatic hydroxyl groups excluding tert-OH is 1. The fraction of sp³-hybridized carbons (Fsp3) is 0.774. The average Bonchev–Trinajstić information content (AvgIpc) is 2.88. The van der Waals surface area contributed by atoms with Crippen LogP contribution in [0.1, 0.15) is 104 Å². The molecule has 2 N–H and O–H groups in total. The number of unbranched alkanes of at least 4 members (excludes halogenated alkanes) is 9. The lowest BCUT2D eigenvalue weighted by Crippen LogP contribution is -2.45. The molecule has 0 aromatic heterocycles. The highest BCUT2D eigenvalue weighted by molar-refractivity contribution is 7.45. The number of likely N-dealkylation sites (N-methyl/N-ethyl adjacent to an activating group) is 1. The van der Waals surface area contributed by atoms with E-state index in [1.54, 1.807) is 6.08 Å². The van der Waals surface area contributed by atoms with E-state index in [0.717, 1.165) is 32.1 Å². The molecule has 0 saturated carbocycles. The van der Waals surface area contributed by atoms with Crippen LogP contribution in [0, 0.1) is 0 Å². The Bertz CT molecular complexity index is 763. The van der Waals surface area contributed by atoms with Crippen LogP contribution in [0.3, 0.4) is 0 Å². The zero-order valence-electron chi connectivity index (χ0n) is 26.0. The summed E-state index contributed by atoms with van der Waals surface area (Å²) in [7, 11) is 1.22. The highest BCUT2D eigenvalue weighted by Gasteiger charge is 2.23. The molecule has 1 amide bonds. The van der Waals surface area contributed by atoms with Crippen molar-refractivity contribution >= 4 is 13.7 Å². The minimum atomic E-state index is -4.56. The van der Waals surface area contributed by atoms with Gasteiger partial charge in [0.2, 0.25) is 5.91 Å². The molecule has 0 spiro atoms. The number of carbonyl (C=O) groups is 1. The smallest absolute Gasteiger partial charge is 0.268 e. The molecular weight excluding hydrogens is 527 g/mol. The molecule has 40 heavy (non-hydrogen) atoms. The van der Waals surface area contributed by atoms with Gasteiger partial charge < -0.3 is 28.8 Å². The number of phosphoric acid groups is 1. The number of nitrogens with one attached hydrogen (secondary N) is 1. The van der Waals surface area contributed by atoms with E-state index in [1.807, 2.05) is 34.1 Å². The van der Waals surface area contributed by atoms with Crippen LogP contribution in [-0.2, 0) is 18.4 Å². The lowest BCUT2D eigenvalue weighted by molar-refractivity contribution is -0.870. The van der Waals surface area contributed by atoms with E-state index in [0.29, 0.717) is 23.9 Å². The molecule has 0 aromatic rings. The van der Waals surface area contributed by atoms with Crippen LogP contribution in [-0.4, -0.2) is 68.5 Å². The van der Waals surface area contributed by atoms with Gasteiger partial charge in [0.1, 0.15) is 13.2 Å². The highest BCUT2D eigenvalue weighted by Crippen LogP contribution is 2.38. The first-order valence-electron chi connectivity index (χ1n) is 15.4. The standard InChI is InChI=1S/C31H59N2O6P/c1-6-8-10-11-12-13-14-15-16-17-18-19-20-21-22-23-24-30(34)29(32-31(35)25-9-7-2)28-39-40(36,37)38-27-26-33(3,4)5/h15-16,19-20,23-24,29-30,34H,6-14,17-18,21-22,25-28H2,1-5H3,(H-,32,35,36,37)/b16-15+,20-19+,24-23+. The Balaban J connectivity index is 4.46. The van der Waals surface area contributed by atoms with Gasteiger partial charge in [0.15, 0.2) is 0 Å². The molecule has 0 bridgehead atoms. The minimum absolute atomic E-state index is 0.0107. The van der Waals surface area contributed by atoms with Crippen LogP contribution in [0.4, 0.5) is 0 Å². The summed E-state index contributed by atoms with van der Waals surface area (Å²) in [5.41, 5.74) is 0. The Morgan fingerprint density at radius 2 is 1.40 bits per heavy atom. The highest BCUT2D eigenvalue weighted by atomic mass is 31.2. The first-order chi connectivity index (χ1) is 19.0. The molecule has 9 heteroatoms. The van der Waals surface area contributed by atoms with Crippen LogP contribution in [0.5, 0.6) is 0 Å². The third kappa shape index (κ3) is 25.7. The SMILES string of the molecule is CCCCCCCC/C=C/CC/C=C/CC/C=C/C(O)C(COP(=O)([O-])OCC[N+](C)(C)C)NC(=O)CCCC. The van der Waals surface area contributed by atoms with Crippen LogP contribution in [0.25, 0.3) is 0 Å². The Morgan fingerprint density at radius 3 is 2.00 bits per heavy atom. The molecule has 0 radical (unpaired) electrons. The van der Waals surface area contributed by atoms with E-state index in [4.69, 9.17) is 9.05 Å². The molecule has 3 atom stereocenters. The van der Waals surface area contributed by atoms with Crippen molar-refractivity contribution in [2.45, 2.75) is 116 Å². The van der Waals surface area contributed by atoms with Crippen LogP contribution < -0.4 is 10.2 Å². The quantitative estimate of drug-likeness (QED) is 0.0540. The molecule has 0 aromatic carbocycles. The van der Waals surface area contributed by atoms with Gasteiger partial charge >= 0.3 is 0 Å². The molecule has 0 heterocycles. The number of carbonyl (C=O) groups excluding carboxylic acids is 1. The molecular formula is C31H59N2O6P.